The minimum Gasteiger partial charge on any atom is -0.274 e. The zero-order chi connectivity index (χ0) is 25.3. The van der Waals surface area contributed by atoms with E-state index in [-0.39, 0.29) is 17.2 Å². The van der Waals surface area contributed by atoms with Gasteiger partial charge in [-0.05, 0) is 60.9 Å². The first kappa shape index (κ1) is 24.0. The van der Waals surface area contributed by atoms with E-state index in [2.05, 4.69) is 4.72 Å². The molecule has 0 bridgehead atoms. The van der Waals surface area contributed by atoms with Gasteiger partial charge in [0.15, 0.2) is 0 Å². The van der Waals surface area contributed by atoms with Gasteiger partial charge in [0.1, 0.15) is 5.82 Å². The quantitative estimate of drug-likeness (QED) is 0.410. The summed E-state index contributed by atoms with van der Waals surface area (Å²) in [6.45, 7) is 0. The topological polar surface area (TPSA) is 90.2 Å². The van der Waals surface area contributed by atoms with Gasteiger partial charge in [0.05, 0.1) is 28.4 Å². The molecule has 5 rings (SSSR count). The maximum Gasteiger partial charge on any atom is 0.279 e. The number of nitrogens with zero attached hydrogens (tertiary/aromatic N) is 2. The monoisotopic (exact) mass is 507 g/mol. The van der Waals surface area contributed by atoms with Gasteiger partial charge in [0.2, 0.25) is 10.0 Å². The van der Waals surface area contributed by atoms with Gasteiger partial charge in [-0.25, -0.2) is 22.2 Å². The summed E-state index contributed by atoms with van der Waals surface area (Å²) >= 11 is 0. The Morgan fingerprint density at radius 2 is 1.64 bits per heavy atom. The molecule has 0 atom stereocenters. The maximum absolute atomic E-state index is 13.6. The fourth-order valence-corrected chi connectivity index (χ4v) is 6.00. The predicted molar refractivity (Wildman–Crippen MR) is 136 cm³/mol. The van der Waals surface area contributed by atoms with E-state index in [0.29, 0.717) is 16.5 Å². The number of hydrogen-bond donors (Lipinski definition) is 1. The Balaban J connectivity index is 1.51. The number of amides is 1. The Morgan fingerprint density at radius 3 is 2.33 bits per heavy atom. The molecule has 0 radical (unpaired) electrons. The number of rotatable bonds is 6. The molecule has 1 fully saturated rings. The summed E-state index contributed by atoms with van der Waals surface area (Å²) in [4.78, 5) is 26.4. The molecule has 0 spiro atoms. The number of benzene rings is 3. The SMILES string of the molecule is O=C(NS(=O)(=O)Cc1ccc(F)cc1)c1ccc2c(c1)c(=O)n(-c1ccccc1)n2C1CCCCC1. The van der Waals surface area contributed by atoms with Crippen LogP contribution in [-0.2, 0) is 15.8 Å². The normalized spacial score (nSPS) is 14.7. The Kier molecular flexibility index (Phi) is 6.49. The molecule has 0 unspecified atom stereocenters. The standard InChI is InChI=1S/C27H26FN3O4S/c28-21-14-11-19(12-15-21)18-36(34,35)29-26(32)20-13-16-25-24(17-20)27(33)31(23-9-5-2-6-10-23)30(25)22-7-3-1-4-8-22/h2,5-6,9-17,22H,1,3-4,7-8,18H2,(H,29,32). The zero-order valence-corrected chi connectivity index (χ0v) is 20.4. The number of halogens is 1. The van der Waals surface area contributed by atoms with Crippen molar-refractivity contribution in [3.8, 4) is 5.69 Å². The van der Waals surface area contributed by atoms with Crippen LogP contribution in [-0.4, -0.2) is 23.7 Å². The molecule has 1 amide bonds. The first-order valence-corrected chi connectivity index (χ1v) is 13.6. The highest BCUT2D eigenvalue weighted by molar-refractivity contribution is 7.89. The van der Waals surface area contributed by atoms with Crippen LogP contribution < -0.4 is 10.3 Å². The van der Waals surface area contributed by atoms with E-state index in [4.69, 9.17) is 0 Å². The van der Waals surface area contributed by atoms with Crippen molar-refractivity contribution in [2.75, 3.05) is 0 Å². The molecule has 1 N–H and O–H groups in total. The van der Waals surface area contributed by atoms with E-state index in [1.54, 1.807) is 16.8 Å². The van der Waals surface area contributed by atoms with Crippen LogP contribution in [0.1, 0.15) is 54.1 Å². The third kappa shape index (κ3) is 4.83. The van der Waals surface area contributed by atoms with Crippen LogP contribution in [0, 0.1) is 5.82 Å². The van der Waals surface area contributed by atoms with Crippen LogP contribution in [0.2, 0.25) is 0 Å². The fourth-order valence-electron chi connectivity index (χ4n) is 4.90. The van der Waals surface area contributed by atoms with E-state index in [0.717, 1.165) is 43.5 Å². The van der Waals surface area contributed by atoms with Gasteiger partial charge in [-0.2, -0.15) is 0 Å². The summed E-state index contributed by atoms with van der Waals surface area (Å²) in [5.41, 5.74) is 1.61. The van der Waals surface area contributed by atoms with Crippen molar-refractivity contribution in [2.45, 2.75) is 43.9 Å². The predicted octanol–water partition coefficient (Wildman–Crippen LogP) is 4.70. The molecule has 7 nitrogen and oxygen atoms in total. The summed E-state index contributed by atoms with van der Waals surface area (Å²) in [7, 11) is -4.03. The van der Waals surface area contributed by atoms with Crippen molar-refractivity contribution in [1.29, 1.82) is 0 Å². The van der Waals surface area contributed by atoms with Crippen molar-refractivity contribution in [1.82, 2.24) is 14.1 Å². The highest BCUT2D eigenvalue weighted by atomic mass is 32.2. The lowest BCUT2D eigenvalue weighted by Gasteiger charge is -2.26. The Morgan fingerprint density at radius 1 is 0.944 bits per heavy atom. The molecule has 9 heteroatoms. The number of carbonyl (C=O) groups is 1. The number of carbonyl (C=O) groups excluding carboxylic acids is 1. The van der Waals surface area contributed by atoms with Crippen LogP contribution >= 0.6 is 0 Å². The first-order valence-electron chi connectivity index (χ1n) is 11.9. The molecule has 36 heavy (non-hydrogen) atoms. The highest BCUT2D eigenvalue weighted by Crippen LogP contribution is 2.31. The van der Waals surface area contributed by atoms with Crippen LogP contribution in [0.4, 0.5) is 4.39 Å². The largest absolute Gasteiger partial charge is 0.279 e. The molecular weight excluding hydrogens is 481 g/mol. The van der Waals surface area contributed by atoms with Crippen molar-refractivity contribution in [3.05, 3.63) is 100 Å². The fraction of sp³-hybridized carbons (Fsp3) is 0.259. The molecule has 1 heterocycles. The van der Waals surface area contributed by atoms with E-state index in [9.17, 15) is 22.4 Å². The van der Waals surface area contributed by atoms with Gasteiger partial charge in [0, 0.05) is 5.56 Å². The van der Waals surface area contributed by atoms with E-state index in [1.807, 2.05) is 35.0 Å². The van der Waals surface area contributed by atoms with E-state index < -0.39 is 27.5 Å². The number of sulfonamides is 1. The Bertz CT molecular complexity index is 1570. The lowest BCUT2D eigenvalue weighted by Crippen LogP contribution is -2.31. The average Bonchev–Trinajstić information content (AvgIpc) is 3.17. The lowest BCUT2D eigenvalue weighted by atomic mass is 9.95. The summed E-state index contributed by atoms with van der Waals surface area (Å²) in [5, 5.41) is 0.355. The van der Waals surface area contributed by atoms with Gasteiger partial charge >= 0.3 is 0 Å². The summed E-state index contributed by atoms with van der Waals surface area (Å²) in [5.74, 6) is -1.77. The molecular formula is C27H26FN3O4S. The molecule has 3 aromatic carbocycles. The maximum atomic E-state index is 13.6. The van der Waals surface area contributed by atoms with Gasteiger partial charge in [-0.1, -0.05) is 49.6 Å². The molecule has 0 aliphatic heterocycles. The molecule has 186 valence electrons. The minimum atomic E-state index is -4.03. The number of nitrogens with one attached hydrogen (secondary N) is 1. The van der Waals surface area contributed by atoms with E-state index >= 15 is 0 Å². The second-order valence-electron chi connectivity index (χ2n) is 9.14. The summed E-state index contributed by atoms with van der Waals surface area (Å²) in [6.07, 6.45) is 5.25. The van der Waals surface area contributed by atoms with Gasteiger partial charge < -0.3 is 0 Å². The van der Waals surface area contributed by atoms with Crippen molar-refractivity contribution in [2.24, 2.45) is 0 Å². The number of hydrogen-bond acceptors (Lipinski definition) is 4. The summed E-state index contributed by atoms with van der Waals surface area (Å²) < 4.78 is 44.0. The Hall–Kier alpha value is -3.72. The smallest absolute Gasteiger partial charge is 0.274 e. The van der Waals surface area contributed by atoms with Crippen LogP contribution in [0.3, 0.4) is 0 Å². The van der Waals surface area contributed by atoms with Crippen LogP contribution in [0.5, 0.6) is 0 Å². The minimum absolute atomic E-state index is 0.0725. The third-order valence-corrected chi connectivity index (χ3v) is 7.79. The van der Waals surface area contributed by atoms with Gasteiger partial charge in [-0.3, -0.25) is 14.3 Å². The number of aromatic nitrogens is 2. The Labute approximate surface area is 208 Å². The summed E-state index contributed by atoms with van der Waals surface area (Å²) in [6, 6.07) is 19.3. The second-order valence-corrected chi connectivity index (χ2v) is 10.9. The highest BCUT2D eigenvalue weighted by Gasteiger charge is 2.25. The van der Waals surface area contributed by atoms with Crippen LogP contribution in [0.25, 0.3) is 16.6 Å². The zero-order valence-electron chi connectivity index (χ0n) is 19.6. The third-order valence-electron chi connectivity index (χ3n) is 6.58. The van der Waals surface area contributed by atoms with Crippen LogP contribution in [0.15, 0.2) is 77.6 Å². The average molecular weight is 508 g/mol. The van der Waals surface area contributed by atoms with Gasteiger partial charge in [-0.15, -0.1) is 0 Å². The molecule has 1 aromatic heterocycles. The lowest BCUT2D eigenvalue weighted by molar-refractivity contribution is 0.0981. The molecule has 1 aliphatic rings. The number of para-hydroxylation sites is 1. The molecule has 4 aromatic rings. The van der Waals surface area contributed by atoms with Gasteiger partial charge in [0.25, 0.3) is 11.5 Å². The first-order chi connectivity index (χ1) is 17.3. The van der Waals surface area contributed by atoms with Crippen molar-refractivity contribution in [3.63, 3.8) is 0 Å². The number of fused-ring (bicyclic) bond motifs is 1. The second kappa shape index (κ2) is 9.73. The molecule has 1 saturated carbocycles. The molecule has 1 aliphatic carbocycles. The van der Waals surface area contributed by atoms with Crippen molar-refractivity contribution >= 4 is 26.8 Å². The van der Waals surface area contributed by atoms with E-state index in [1.165, 1.54) is 24.6 Å². The van der Waals surface area contributed by atoms with Crippen molar-refractivity contribution < 1.29 is 17.6 Å². The molecule has 0 saturated heterocycles.